The molecule has 1 aliphatic heterocycles. The van der Waals surface area contributed by atoms with Gasteiger partial charge in [-0.3, -0.25) is 9.36 Å². The zero-order valence-corrected chi connectivity index (χ0v) is 20.0. The van der Waals surface area contributed by atoms with E-state index in [0.29, 0.717) is 29.1 Å². The number of nitrogens with zero attached hydrogens (tertiary/aromatic N) is 3. The molecule has 1 aromatic heterocycles. The van der Waals surface area contributed by atoms with Gasteiger partial charge < -0.3 is 19.5 Å². The first-order valence-electron chi connectivity index (χ1n) is 11.4. The quantitative estimate of drug-likeness (QED) is 0.479. The maximum Gasteiger partial charge on any atom is 0.490 e. The fraction of sp³-hybridized carbons (Fsp3) is 0.400. The number of carboxylic acids is 1. The SMILES string of the molecule is COc1cccc2c(=O)n(-c3ccc(OCCCN4CCCC4)cc3)c(C)nc12.O=C(O)C(F)(F)F. The number of carboxylic acid groups (broad SMARTS) is 1. The molecule has 1 fully saturated rings. The van der Waals surface area contributed by atoms with Gasteiger partial charge >= 0.3 is 12.1 Å². The number of rotatable bonds is 7. The van der Waals surface area contributed by atoms with Crippen molar-refractivity contribution in [3.63, 3.8) is 0 Å². The first kappa shape index (κ1) is 27.0. The standard InChI is InChI=1S/C23H27N3O3.C2HF3O2/c1-17-24-22-20(7-5-8-21(22)28-2)23(27)26(17)18-9-11-19(12-10-18)29-16-6-15-25-13-3-4-14-25;3-2(4,5)1(6)7/h5,7-12H,3-4,6,13-16H2,1-2H3;(H,6,7). The van der Waals surface area contributed by atoms with Crippen molar-refractivity contribution in [1.82, 2.24) is 14.5 Å². The summed E-state index contributed by atoms with van der Waals surface area (Å²) < 4.78 is 44.6. The molecule has 3 aromatic rings. The number of fused-ring (bicyclic) bond motifs is 1. The van der Waals surface area contributed by atoms with Crippen molar-refractivity contribution in [2.24, 2.45) is 0 Å². The van der Waals surface area contributed by atoms with Crippen LogP contribution in [0.15, 0.2) is 47.3 Å². The Morgan fingerprint density at radius 1 is 1.11 bits per heavy atom. The van der Waals surface area contributed by atoms with Crippen LogP contribution >= 0.6 is 0 Å². The molecule has 0 aliphatic carbocycles. The molecule has 0 spiro atoms. The highest BCUT2D eigenvalue weighted by molar-refractivity contribution is 5.84. The summed E-state index contributed by atoms with van der Waals surface area (Å²) in [6, 6.07) is 13.0. The van der Waals surface area contributed by atoms with E-state index in [2.05, 4.69) is 9.88 Å². The highest BCUT2D eigenvalue weighted by atomic mass is 19.4. The predicted molar refractivity (Wildman–Crippen MR) is 128 cm³/mol. The highest BCUT2D eigenvalue weighted by Gasteiger charge is 2.38. The third-order valence-corrected chi connectivity index (χ3v) is 5.67. The van der Waals surface area contributed by atoms with Gasteiger partial charge in [-0.1, -0.05) is 6.07 Å². The molecule has 1 N–H and O–H groups in total. The summed E-state index contributed by atoms with van der Waals surface area (Å²) in [6.07, 6.45) is -1.42. The van der Waals surface area contributed by atoms with Crippen LogP contribution in [-0.4, -0.2) is 65.1 Å². The molecule has 0 atom stereocenters. The second-order valence-corrected chi connectivity index (χ2v) is 8.20. The molecular weight excluding hydrogens is 479 g/mol. The maximum atomic E-state index is 13.1. The predicted octanol–water partition coefficient (Wildman–Crippen LogP) is 4.20. The summed E-state index contributed by atoms with van der Waals surface area (Å²) in [7, 11) is 1.58. The van der Waals surface area contributed by atoms with Crippen LogP contribution in [0.2, 0.25) is 0 Å². The third kappa shape index (κ3) is 6.75. The average molecular weight is 508 g/mol. The number of aliphatic carboxylic acids is 1. The van der Waals surface area contributed by atoms with Crippen LogP contribution in [0.3, 0.4) is 0 Å². The minimum atomic E-state index is -5.08. The number of benzene rings is 2. The number of hydrogen-bond donors (Lipinski definition) is 1. The smallest absolute Gasteiger partial charge is 0.490 e. The lowest BCUT2D eigenvalue weighted by Crippen LogP contribution is -2.22. The van der Waals surface area contributed by atoms with E-state index < -0.39 is 12.1 Å². The molecule has 194 valence electrons. The molecule has 0 radical (unpaired) electrons. The number of alkyl halides is 3. The van der Waals surface area contributed by atoms with E-state index in [1.807, 2.05) is 43.3 Å². The number of aryl methyl sites for hydroxylation is 1. The van der Waals surface area contributed by atoms with Gasteiger partial charge in [-0.25, -0.2) is 9.78 Å². The topological polar surface area (TPSA) is 93.9 Å². The van der Waals surface area contributed by atoms with E-state index in [0.717, 1.165) is 24.4 Å². The Kier molecular flexibility index (Phi) is 8.92. The van der Waals surface area contributed by atoms with Crippen LogP contribution in [0.25, 0.3) is 16.6 Å². The lowest BCUT2D eigenvalue weighted by atomic mass is 10.2. The minimum absolute atomic E-state index is 0.106. The van der Waals surface area contributed by atoms with Gasteiger partial charge in [0.2, 0.25) is 0 Å². The van der Waals surface area contributed by atoms with Crippen molar-refractivity contribution in [2.75, 3.05) is 33.4 Å². The van der Waals surface area contributed by atoms with Crippen LogP contribution in [0.1, 0.15) is 25.1 Å². The minimum Gasteiger partial charge on any atom is -0.494 e. The van der Waals surface area contributed by atoms with E-state index >= 15 is 0 Å². The first-order valence-corrected chi connectivity index (χ1v) is 11.4. The zero-order chi connectivity index (χ0) is 26.3. The Balaban J connectivity index is 0.000000454. The number of ether oxygens (including phenoxy) is 2. The number of hydrogen-bond acceptors (Lipinski definition) is 6. The van der Waals surface area contributed by atoms with E-state index in [4.69, 9.17) is 19.4 Å². The van der Waals surface area contributed by atoms with Crippen molar-refractivity contribution in [2.45, 2.75) is 32.4 Å². The molecule has 36 heavy (non-hydrogen) atoms. The van der Waals surface area contributed by atoms with Gasteiger partial charge in [0.05, 0.1) is 24.8 Å². The molecule has 2 aromatic carbocycles. The average Bonchev–Trinajstić information content (AvgIpc) is 3.36. The van der Waals surface area contributed by atoms with E-state index in [1.54, 1.807) is 17.7 Å². The van der Waals surface area contributed by atoms with Crippen molar-refractivity contribution < 1.29 is 32.5 Å². The van der Waals surface area contributed by atoms with Gasteiger partial charge in [0, 0.05) is 6.54 Å². The Morgan fingerprint density at radius 2 is 1.75 bits per heavy atom. The molecule has 1 saturated heterocycles. The molecular formula is C25H28F3N3O5. The Hall–Kier alpha value is -3.60. The van der Waals surface area contributed by atoms with Crippen LogP contribution in [0.5, 0.6) is 11.5 Å². The Bertz CT molecular complexity index is 1240. The third-order valence-electron chi connectivity index (χ3n) is 5.67. The molecule has 2 heterocycles. The second kappa shape index (κ2) is 11.9. The fourth-order valence-corrected chi connectivity index (χ4v) is 3.93. The summed E-state index contributed by atoms with van der Waals surface area (Å²) in [6.45, 7) is 6.06. The molecule has 11 heteroatoms. The maximum absolute atomic E-state index is 13.1. The van der Waals surface area contributed by atoms with Gasteiger partial charge in [-0.2, -0.15) is 13.2 Å². The van der Waals surface area contributed by atoms with Crippen molar-refractivity contribution >= 4 is 16.9 Å². The molecule has 0 amide bonds. The lowest BCUT2D eigenvalue weighted by molar-refractivity contribution is -0.192. The number of likely N-dealkylation sites (tertiary alicyclic amines) is 1. The number of methoxy groups -OCH3 is 1. The highest BCUT2D eigenvalue weighted by Crippen LogP contribution is 2.23. The van der Waals surface area contributed by atoms with Crippen LogP contribution < -0.4 is 15.0 Å². The summed E-state index contributed by atoms with van der Waals surface area (Å²) in [4.78, 5) is 29.1. The van der Waals surface area contributed by atoms with Gasteiger partial charge in [0.25, 0.3) is 5.56 Å². The van der Waals surface area contributed by atoms with Crippen molar-refractivity contribution in [1.29, 1.82) is 0 Å². The Morgan fingerprint density at radius 3 is 2.33 bits per heavy atom. The monoisotopic (exact) mass is 507 g/mol. The number of halogens is 3. The van der Waals surface area contributed by atoms with Gasteiger partial charge in [-0.05, 0) is 75.7 Å². The molecule has 0 saturated carbocycles. The normalized spacial score (nSPS) is 13.8. The van der Waals surface area contributed by atoms with Crippen LogP contribution in [0, 0.1) is 6.92 Å². The molecule has 0 bridgehead atoms. The largest absolute Gasteiger partial charge is 0.494 e. The van der Waals surface area contributed by atoms with Gasteiger partial charge in [0.15, 0.2) is 0 Å². The van der Waals surface area contributed by atoms with Crippen molar-refractivity contribution in [3.05, 3.63) is 58.6 Å². The zero-order valence-electron chi connectivity index (χ0n) is 20.0. The van der Waals surface area contributed by atoms with Gasteiger partial charge in [-0.15, -0.1) is 0 Å². The molecule has 0 unspecified atom stereocenters. The van der Waals surface area contributed by atoms with E-state index in [9.17, 15) is 18.0 Å². The number of para-hydroxylation sites is 1. The second-order valence-electron chi connectivity index (χ2n) is 8.20. The Labute approximate surface area is 205 Å². The van der Waals surface area contributed by atoms with E-state index in [-0.39, 0.29) is 5.56 Å². The number of carbonyl (C=O) groups is 1. The fourth-order valence-electron chi connectivity index (χ4n) is 3.93. The molecule has 4 rings (SSSR count). The summed E-state index contributed by atoms with van der Waals surface area (Å²) in [5.74, 6) is -0.720. The number of aromatic nitrogens is 2. The van der Waals surface area contributed by atoms with Crippen LogP contribution in [0.4, 0.5) is 13.2 Å². The molecule has 8 nitrogen and oxygen atoms in total. The lowest BCUT2D eigenvalue weighted by Gasteiger charge is -2.15. The first-order chi connectivity index (χ1) is 17.1. The summed E-state index contributed by atoms with van der Waals surface area (Å²) in [5, 5.41) is 7.66. The summed E-state index contributed by atoms with van der Waals surface area (Å²) in [5.41, 5.74) is 1.26. The molecule has 1 aliphatic rings. The van der Waals surface area contributed by atoms with Gasteiger partial charge in [0.1, 0.15) is 22.8 Å². The van der Waals surface area contributed by atoms with Crippen LogP contribution in [-0.2, 0) is 4.79 Å². The summed E-state index contributed by atoms with van der Waals surface area (Å²) >= 11 is 0. The van der Waals surface area contributed by atoms with Crippen molar-refractivity contribution in [3.8, 4) is 17.2 Å². The van der Waals surface area contributed by atoms with E-state index in [1.165, 1.54) is 25.9 Å².